The summed E-state index contributed by atoms with van der Waals surface area (Å²) in [5, 5.41) is 0. The molecule has 0 fully saturated rings. The van der Waals surface area contributed by atoms with Gasteiger partial charge in [0.1, 0.15) is 0 Å². The molecule has 0 aliphatic carbocycles. The van der Waals surface area contributed by atoms with Crippen LogP contribution in [0.25, 0.3) is 0 Å². The van der Waals surface area contributed by atoms with Crippen molar-refractivity contribution in [2.24, 2.45) is 0 Å². The normalized spacial score (nSPS) is 11.4. The van der Waals surface area contributed by atoms with Crippen LogP contribution < -0.4 is 0 Å². The van der Waals surface area contributed by atoms with Crippen molar-refractivity contribution in [2.75, 3.05) is 21.1 Å². The van der Waals surface area contributed by atoms with E-state index in [1.165, 1.54) is 0 Å². The first kappa shape index (κ1) is 18.6. The minimum atomic E-state index is -5.84. The van der Waals surface area contributed by atoms with Crippen LogP contribution in [0, 0.1) is 0 Å². The minimum absolute atomic E-state index is 0. The predicted octanol–water partition coefficient (Wildman–Crippen LogP) is -0.880. The molecule has 0 amide bonds. The van der Waals surface area contributed by atoms with Crippen LogP contribution in [-0.4, -0.2) is 55.5 Å². The van der Waals surface area contributed by atoms with Crippen LogP contribution in [0.3, 0.4) is 0 Å². The van der Waals surface area contributed by atoms with E-state index in [0.29, 0.717) is 0 Å². The van der Waals surface area contributed by atoms with Crippen LogP contribution >= 0.6 is 0 Å². The molecular weight excluding hydrogens is 227 g/mol. The second-order valence-electron chi connectivity index (χ2n) is 2.26. The van der Waals surface area contributed by atoms with Gasteiger partial charge in [-0.2, -0.15) is 21.6 Å². The van der Waals surface area contributed by atoms with Crippen molar-refractivity contribution in [3.8, 4) is 0 Å². The van der Waals surface area contributed by atoms with Crippen LogP contribution in [0.4, 0.5) is 13.2 Å². The highest BCUT2D eigenvalue weighted by Gasteiger charge is 2.44. The number of halogens is 3. The Labute approximate surface area is 79.5 Å². The van der Waals surface area contributed by atoms with E-state index < -0.39 is 15.6 Å². The summed E-state index contributed by atoms with van der Waals surface area (Å²) < 4.78 is 57.5. The average molecular weight is 241 g/mol. The fraction of sp³-hybridized carbons (Fsp3) is 1.00. The highest BCUT2D eigenvalue weighted by Crippen LogP contribution is 2.20. The Bertz CT molecular complexity index is 210. The number of nitrogens with zero attached hydrogens (tertiary/aromatic N) is 1. The summed E-state index contributed by atoms with van der Waals surface area (Å²) in [6, 6.07) is 0. The van der Waals surface area contributed by atoms with Gasteiger partial charge >= 0.3 is 15.6 Å². The second-order valence-corrected chi connectivity index (χ2v) is 3.68. The third-order valence-corrected chi connectivity index (χ3v) is 0.877. The van der Waals surface area contributed by atoms with E-state index in [9.17, 15) is 13.2 Å². The quantitative estimate of drug-likeness (QED) is 0.340. The molecule has 0 aromatic carbocycles. The summed E-state index contributed by atoms with van der Waals surface area (Å²) in [5.74, 6) is 0. The Kier molecular flexibility index (Phi) is 9.09. The summed E-state index contributed by atoms with van der Waals surface area (Å²) in [7, 11) is 0.160. The van der Waals surface area contributed by atoms with Gasteiger partial charge in [0.2, 0.25) is 0 Å². The fourth-order valence-corrected chi connectivity index (χ4v) is 0. The summed E-state index contributed by atoms with van der Waals surface area (Å²) in [6.45, 7) is 0. The molecule has 0 radical (unpaired) electrons. The summed E-state index contributed by atoms with van der Waals surface area (Å²) in [4.78, 5) is 2.00. The lowest BCUT2D eigenvalue weighted by Gasteiger charge is -1.97. The topological polar surface area (TPSA) is 57.6 Å². The van der Waals surface area contributed by atoms with Gasteiger partial charge in [-0.3, -0.25) is 4.55 Å². The molecule has 4 nitrogen and oxygen atoms in total. The van der Waals surface area contributed by atoms with Gasteiger partial charge in [-0.1, -0.05) is 0 Å². The van der Waals surface area contributed by atoms with Crippen LogP contribution in [0.1, 0.15) is 0 Å². The van der Waals surface area contributed by atoms with E-state index in [0.717, 1.165) is 0 Å². The first-order chi connectivity index (χ1) is 4.98. The summed E-state index contributed by atoms with van der Waals surface area (Å²) in [5.41, 5.74) is -5.53. The molecule has 0 unspecified atom stereocenters. The minimum Gasteiger partial charge on any atom is -0.312 e. The van der Waals surface area contributed by atoms with Crippen molar-refractivity contribution in [2.45, 2.75) is 5.51 Å². The first-order valence-electron chi connectivity index (χ1n) is 2.63. The molecule has 0 heterocycles. The zero-order valence-electron chi connectivity index (χ0n) is 6.75. The maximum atomic E-state index is 10.7. The molecule has 0 saturated heterocycles. The SMILES string of the molecule is CN(C)C.O=S(=O)(O)C(F)(F)F.[SiH4]. The number of rotatable bonds is 0. The van der Waals surface area contributed by atoms with E-state index >= 15 is 0 Å². The van der Waals surface area contributed by atoms with Crippen LogP contribution in [-0.2, 0) is 10.1 Å². The zero-order chi connectivity index (χ0) is 10.6. The molecule has 13 heavy (non-hydrogen) atoms. The van der Waals surface area contributed by atoms with E-state index in [1.54, 1.807) is 0 Å². The van der Waals surface area contributed by atoms with Crippen molar-refractivity contribution in [3.63, 3.8) is 0 Å². The van der Waals surface area contributed by atoms with Gasteiger partial charge in [-0.05, 0) is 32.1 Å². The number of hydrogen-bond acceptors (Lipinski definition) is 3. The van der Waals surface area contributed by atoms with Gasteiger partial charge in [-0.25, -0.2) is 0 Å². The summed E-state index contributed by atoms with van der Waals surface area (Å²) in [6.07, 6.45) is 0. The molecule has 1 N–H and O–H groups in total. The molecule has 0 aromatic heterocycles. The molecular formula is C4H14F3NO3SSi. The van der Waals surface area contributed by atoms with Crippen molar-refractivity contribution >= 4 is 21.1 Å². The average Bonchev–Trinajstić information content (AvgIpc) is 1.55. The maximum absolute atomic E-state index is 10.7. The molecule has 9 heteroatoms. The van der Waals surface area contributed by atoms with Crippen molar-refractivity contribution in [1.29, 1.82) is 0 Å². The van der Waals surface area contributed by atoms with E-state index in [2.05, 4.69) is 0 Å². The van der Waals surface area contributed by atoms with Gasteiger partial charge < -0.3 is 4.90 Å². The van der Waals surface area contributed by atoms with E-state index in [-0.39, 0.29) is 11.0 Å². The molecule has 84 valence electrons. The Morgan fingerprint density at radius 1 is 1.15 bits per heavy atom. The lowest BCUT2D eigenvalue weighted by Crippen LogP contribution is -2.21. The standard InChI is InChI=1S/C3H9N.CHF3O3S.H4Si/c1-4(2)3;2-1(3,4)8(5,6)7;/h1-3H3;(H,5,6,7);1H4. The zero-order valence-corrected chi connectivity index (χ0v) is 7.57. The highest BCUT2D eigenvalue weighted by molar-refractivity contribution is 7.86. The van der Waals surface area contributed by atoms with Crippen LogP contribution in [0.2, 0.25) is 0 Å². The third kappa shape index (κ3) is 14.7. The molecule has 0 aliphatic heterocycles. The van der Waals surface area contributed by atoms with Crippen LogP contribution in [0.15, 0.2) is 0 Å². The van der Waals surface area contributed by atoms with Gasteiger partial charge in [0, 0.05) is 0 Å². The molecule has 0 rings (SSSR count). The van der Waals surface area contributed by atoms with Gasteiger partial charge in [0.05, 0.1) is 0 Å². The van der Waals surface area contributed by atoms with Crippen LogP contribution in [0.5, 0.6) is 0 Å². The number of hydrogen-bond donors (Lipinski definition) is 1. The number of alkyl halides is 3. The van der Waals surface area contributed by atoms with Gasteiger partial charge in [0.15, 0.2) is 0 Å². The van der Waals surface area contributed by atoms with Crippen molar-refractivity contribution < 1.29 is 26.1 Å². The lowest BCUT2D eigenvalue weighted by atomic mass is 11.0. The van der Waals surface area contributed by atoms with Gasteiger partial charge in [-0.15, -0.1) is 0 Å². The molecule has 0 aromatic rings. The summed E-state index contributed by atoms with van der Waals surface area (Å²) >= 11 is 0. The molecule has 0 bridgehead atoms. The van der Waals surface area contributed by atoms with E-state index in [4.69, 9.17) is 13.0 Å². The van der Waals surface area contributed by atoms with Gasteiger partial charge in [0.25, 0.3) is 0 Å². The van der Waals surface area contributed by atoms with E-state index in [1.807, 2.05) is 26.0 Å². The smallest absolute Gasteiger partial charge is 0.312 e. The second kappa shape index (κ2) is 6.35. The Hall–Kier alpha value is -0.123. The monoisotopic (exact) mass is 241 g/mol. The first-order valence-corrected chi connectivity index (χ1v) is 4.07. The third-order valence-electron chi connectivity index (χ3n) is 0.292. The Morgan fingerprint density at radius 2 is 1.23 bits per heavy atom. The Morgan fingerprint density at radius 3 is 1.23 bits per heavy atom. The Balaban J connectivity index is -0.000000173. The molecule has 0 aliphatic rings. The molecule has 0 saturated carbocycles. The maximum Gasteiger partial charge on any atom is 0.522 e. The highest BCUT2D eigenvalue weighted by atomic mass is 32.2. The fourth-order valence-electron chi connectivity index (χ4n) is 0. The molecule has 0 spiro atoms. The lowest BCUT2D eigenvalue weighted by molar-refractivity contribution is -0.0510. The predicted molar refractivity (Wildman–Crippen MR) is 48.5 cm³/mol. The largest absolute Gasteiger partial charge is 0.522 e. The van der Waals surface area contributed by atoms with Crippen molar-refractivity contribution in [3.05, 3.63) is 0 Å². The van der Waals surface area contributed by atoms with Crippen molar-refractivity contribution in [1.82, 2.24) is 4.90 Å². The molecule has 0 atom stereocenters.